The molecule has 0 bridgehead atoms. The summed E-state index contributed by atoms with van der Waals surface area (Å²) in [5.41, 5.74) is 6.33. The first-order chi connectivity index (χ1) is 11.1. The molecule has 1 unspecified atom stereocenters. The van der Waals surface area contributed by atoms with Crippen molar-refractivity contribution in [1.29, 1.82) is 0 Å². The van der Waals surface area contributed by atoms with Crippen LogP contribution in [-0.4, -0.2) is 43.2 Å². The summed E-state index contributed by atoms with van der Waals surface area (Å²) in [7, 11) is 0. The quantitative estimate of drug-likeness (QED) is 0.762. The van der Waals surface area contributed by atoms with Gasteiger partial charge in [0.15, 0.2) is 0 Å². The minimum atomic E-state index is -0.253. The molecular formula is C18H28ClFN2O2. The molecule has 0 spiro atoms. The van der Waals surface area contributed by atoms with Crippen molar-refractivity contribution in [3.8, 4) is 0 Å². The molecule has 24 heavy (non-hydrogen) atoms. The molecule has 1 amide bonds. The second-order valence-corrected chi connectivity index (χ2v) is 6.25. The monoisotopic (exact) mass is 358 g/mol. The van der Waals surface area contributed by atoms with Gasteiger partial charge in [0.25, 0.3) is 0 Å². The summed E-state index contributed by atoms with van der Waals surface area (Å²) in [6.45, 7) is 4.79. The minimum Gasteiger partial charge on any atom is -0.378 e. The SMILES string of the molecule is CC(CC(=O)N1CCC(OCCCN)CC1)c1cccc(F)c1.Cl. The van der Waals surface area contributed by atoms with Crippen LogP contribution in [0.15, 0.2) is 24.3 Å². The molecule has 0 aromatic heterocycles. The summed E-state index contributed by atoms with van der Waals surface area (Å²) in [6.07, 6.45) is 3.30. The Balaban J connectivity index is 0.00000288. The second-order valence-electron chi connectivity index (χ2n) is 6.25. The predicted octanol–water partition coefficient (Wildman–Crippen LogP) is 3.10. The predicted molar refractivity (Wildman–Crippen MR) is 95.9 cm³/mol. The van der Waals surface area contributed by atoms with Gasteiger partial charge in [-0.2, -0.15) is 0 Å². The van der Waals surface area contributed by atoms with Gasteiger partial charge in [0.1, 0.15) is 5.82 Å². The highest BCUT2D eigenvalue weighted by atomic mass is 35.5. The Morgan fingerprint density at radius 2 is 2.12 bits per heavy atom. The van der Waals surface area contributed by atoms with Crippen molar-refractivity contribution in [3.63, 3.8) is 0 Å². The van der Waals surface area contributed by atoms with Crippen LogP contribution in [0, 0.1) is 5.82 Å². The number of rotatable bonds is 7. The van der Waals surface area contributed by atoms with Crippen LogP contribution in [0.5, 0.6) is 0 Å². The number of nitrogens with two attached hydrogens (primary N) is 1. The molecule has 0 saturated carbocycles. The van der Waals surface area contributed by atoms with E-state index in [4.69, 9.17) is 10.5 Å². The van der Waals surface area contributed by atoms with Crippen molar-refractivity contribution in [1.82, 2.24) is 4.90 Å². The van der Waals surface area contributed by atoms with E-state index < -0.39 is 0 Å². The van der Waals surface area contributed by atoms with E-state index >= 15 is 0 Å². The van der Waals surface area contributed by atoms with E-state index in [1.165, 1.54) is 12.1 Å². The standard InChI is InChI=1S/C18H27FN2O2.ClH/c1-14(15-4-2-5-16(19)13-15)12-18(22)21-9-6-17(7-10-21)23-11-3-8-20;/h2,4-5,13-14,17H,3,6-12,20H2,1H3;1H. The second kappa shape index (κ2) is 10.6. The Morgan fingerprint density at radius 1 is 1.42 bits per heavy atom. The lowest BCUT2D eigenvalue weighted by Gasteiger charge is -2.32. The van der Waals surface area contributed by atoms with E-state index in [9.17, 15) is 9.18 Å². The molecule has 2 rings (SSSR count). The molecule has 2 N–H and O–H groups in total. The lowest BCUT2D eigenvalue weighted by Crippen LogP contribution is -2.41. The Hall–Kier alpha value is -1.17. The first-order valence-corrected chi connectivity index (χ1v) is 8.45. The number of amides is 1. The molecule has 1 aliphatic heterocycles. The molecule has 4 nitrogen and oxygen atoms in total. The van der Waals surface area contributed by atoms with Gasteiger partial charge in [-0.05, 0) is 49.4 Å². The number of carbonyl (C=O) groups is 1. The van der Waals surface area contributed by atoms with Gasteiger partial charge in [-0.25, -0.2) is 4.39 Å². The molecule has 0 aliphatic carbocycles. The topological polar surface area (TPSA) is 55.6 Å². The minimum absolute atomic E-state index is 0. The molecule has 1 atom stereocenters. The van der Waals surface area contributed by atoms with E-state index in [2.05, 4.69) is 0 Å². The van der Waals surface area contributed by atoms with Crippen LogP contribution >= 0.6 is 12.4 Å². The van der Waals surface area contributed by atoms with Gasteiger partial charge >= 0.3 is 0 Å². The Morgan fingerprint density at radius 3 is 2.75 bits per heavy atom. The number of piperidine rings is 1. The first kappa shape index (κ1) is 20.9. The molecule has 1 saturated heterocycles. The van der Waals surface area contributed by atoms with Crippen LogP contribution in [0.25, 0.3) is 0 Å². The van der Waals surface area contributed by atoms with E-state index in [1.807, 2.05) is 17.9 Å². The number of halogens is 2. The molecule has 0 radical (unpaired) electrons. The summed E-state index contributed by atoms with van der Waals surface area (Å²) in [6, 6.07) is 6.50. The highest BCUT2D eigenvalue weighted by Gasteiger charge is 2.24. The third-order valence-corrected chi connectivity index (χ3v) is 4.40. The van der Waals surface area contributed by atoms with E-state index in [0.29, 0.717) is 19.6 Å². The van der Waals surface area contributed by atoms with Gasteiger partial charge in [-0.1, -0.05) is 19.1 Å². The van der Waals surface area contributed by atoms with Crippen molar-refractivity contribution in [2.24, 2.45) is 5.73 Å². The zero-order valence-corrected chi connectivity index (χ0v) is 15.1. The number of benzene rings is 1. The van der Waals surface area contributed by atoms with Crippen molar-refractivity contribution >= 4 is 18.3 Å². The van der Waals surface area contributed by atoms with Gasteiger partial charge in [0.05, 0.1) is 6.10 Å². The fourth-order valence-corrected chi connectivity index (χ4v) is 2.93. The summed E-state index contributed by atoms with van der Waals surface area (Å²) in [5, 5.41) is 0. The van der Waals surface area contributed by atoms with E-state index in [0.717, 1.165) is 37.9 Å². The smallest absolute Gasteiger partial charge is 0.223 e. The summed E-state index contributed by atoms with van der Waals surface area (Å²) in [4.78, 5) is 14.3. The average molecular weight is 359 g/mol. The average Bonchev–Trinajstić information content (AvgIpc) is 2.55. The molecule has 1 aliphatic rings. The lowest BCUT2D eigenvalue weighted by molar-refractivity contribution is -0.134. The molecule has 1 aromatic carbocycles. The molecule has 1 fully saturated rings. The molecule has 136 valence electrons. The highest BCUT2D eigenvalue weighted by Crippen LogP contribution is 2.22. The van der Waals surface area contributed by atoms with Crippen LogP contribution in [-0.2, 0) is 9.53 Å². The summed E-state index contributed by atoms with van der Waals surface area (Å²) < 4.78 is 19.0. The van der Waals surface area contributed by atoms with Crippen LogP contribution in [0.1, 0.15) is 44.1 Å². The van der Waals surface area contributed by atoms with Gasteiger partial charge in [0, 0.05) is 26.1 Å². The van der Waals surface area contributed by atoms with Gasteiger partial charge < -0.3 is 15.4 Å². The lowest BCUT2D eigenvalue weighted by atomic mass is 9.96. The number of hydrogen-bond donors (Lipinski definition) is 1. The molecule has 1 aromatic rings. The zero-order valence-electron chi connectivity index (χ0n) is 14.2. The van der Waals surface area contributed by atoms with E-state index in [-0.39, 0.29) is 36.2 Å². The van der Waals surface area contributed by atoms with Crippen molar-refractivity contribution in [2.75, 3.05) is 26.2 Å². The fourth-order valence-electron chi connectivity index (χ4n) is 2.93. The highest BCUT2D eigenvalue weighted by molar-refractivity contribution is 5.85. The van der Waals surface area contributed by atoms with Crippen LogP contribution in [0.3, 0.4) is 0 Å². The van der Waals surface area contributed by atoms with Crippen LogP contribution < -0.4 is 5.73 Å². The number of hydrogen-bond acceptors (Lipinski definition) is 3. The number of nitrogens with zero attached hydrogens (tertiary/aromatic N) is 1. The fraction of sp³-hybridized carbons (Fsp3) is 0.611. The number of likely N-dealkylation sites (tertiary alicyclic amines) is 1. The van der Waals surface area contributed by atoms with Crippen LogP contribution in [0.2, 0.25) is 0 Å². The Bertz CT molecular complexity index is 508. The number of ether oxygens (including phenoxy) is 1. The van der Waals surface area contributed by atoms with Gasteiger partial charge in [-0.15, -0.1) is 12.4 Å². The molecule has 6 heteroatoms. The Labute approximate surface area is 149 Å². The van der Waals surface area contributed by atoms with Crippen molar-refractivity contribution < 1.29 is 13.9 Å². The first-order valence-electron chi connectivity index (χ1n) is 8.45. The van der Waals surface area contributed by atoms with E-state index in [1.54, 1.807) is 6.07 Å². The van der Waals surface area contributed by atoms with Gasteiger partial charge in [-0.3, -0.25) is 4.79 Å². The van der Waals surface area contributed by atoms with Crippen LogP contribution in [0.4, 0.5) is 4.39 Å². The maximum Gasteiger partial charge on any atom is 0.223 e. The molecular weight excluding hydrogens is 331 g/mol. The molecule has 1 heterocycles. The number of carbonyl (C=O) groups excluding carboxylic acids is 1. The van der Waals surface area contributed by atoms with Crippen molar-refractivity contribution in [2.45, 2.75) is 44.6 Å². The largest absolute Gasteiger partial charge is 0.378 e. The van der Waals surface area contributed by atoms with Gasteiger partial charge in [0.2, 0.25) is 5.91 Å². The maximum atomic E-state index is 13.3. The summed E-state index contributed by atoms with van der Waals surface area (Å²) >= 11 is 0. The van der Waals surface area contributed by atoms with Crippen molar-refractivity contribution in [3.05, 3.63) is 35.6 Å². The third kappa shape index (κ3) is 6.38. The zero-order chi connectivity index (χ0) is 16.7. The Kier molecular flexibility index (Phi) is 9.26. The normalized spacial score (nSPS) is 16.5. The summed E-state index contributed by atoms with van der Waals surface area (Å²) in [5.74, 6) is -0.0869. The third-order valence-electron chi connectivity index (χ3n) is 4.40. The maximum absolute atomic E-state index is 13.3.